The average Bonchev–Trinajstić information content (AvgIpc) is 2.36. The fraction of sp³-hybridized carbons (Fsp3) is 0.357. The number of aliphatic hydroxyl groups excluding tert-OH is 1. The smallest absolute Gasteiger partial charge is 0.336 e. The predicted molar refractivity (Wildman–Crippen MR) is 78.6 cm³/mol. The van der Waals surface area contributed by atoms with Crippen molar-refractivity contribution in [3.05, 3.63) is 40.8 Å². The van der Waals surface area contributed by atoms with E-state index in [9.17, 15) is 13.2 Å². The minimum atomic E-state index is -3.72. The second-order valence-corrected chi connectivity index (χ2v) is 7.10. The first-order chi connectivity index (χ1) is 9.73. The number of hydrogen-bond donors (Lipinski definition) is 2. The summed E-state index contributed by atoms with van der Waals surface area (Å²) in [6.07, 6.45) is 0.300. The summed E-state index contributed by atoms with van der Waals surface area (Å²) in [6, 6.07) is 7.02. The SMILES string of the molecule is CC(C)(CCO)NS(=O)(=O)c1ccc2oc(=O)ccc2c1. The highest BCUT2D eigenvalue weighted by Gasteiger charge is 2.25. The summed E-state index contributed by atoms with van der Waals surface area (Å²) in [5, 5.41) is 9.49. The predicted octanol–water partition coefficient (Wildman–Crippen LogP) is 1.23. The molecule has 7 heteroatoms. The molecule has 2 N–H and O–H groups in total. The summed E-state index contributed by atoms with van der Waals surface area (Å²) in [5.74, 6) is 0. The van der Waals surface area contributed by atoms with E-state index >= 15 is 0 Å². The first-order valence-corrected chi connectivity index (χ1v) is 7.91. The van der Waals surface area contributed by atoms with Crippen molar-refractivity contribution < 1.29 is 17.9 Å². The maximum absolute atomic E-state index is 12.3. The fourth-order valence-electron chi connectivity index (χ4n) is 1.97. The molecule has 1 aromatic heterocycles. The zero-order valence-electron chi connectivity index (χ0n) is 11.8. The normalized spacial score (nSPS) is 12.7. The Labute approximate surface area is 122 Å². The third-order valence-corrected chi connectivity index (χ3v) is 4.74. The van der Waals surface area contributed by atoms with Gasteiger partial charge in [-0.1, -0.05) is 0 Å². The summed E-state index contributed by atoms with van der Waals surface area (Å²) in [7, 11) is -3.72. The molecule has 0 saturated heterocycles. The lowest BCUT2D eigenvalue weighted by Crippen LogP contribution is -2.43. The van der Waals surface area contributed by atoms with Crippen molar-refractivity contribution in [2.75, 3.05) is 6.61 Å². The Morgan fingerprint density at radius 2 is 1.95 bits per heavy atom. The van der Waals surface area contributed by atoms with Crippen molar-refractivity contribution in [1.82, 2.24) is 4.72 Å². The van der Waals surface area contributed by atoms with Gasteiger partial charge >= 0.3 is 5.63 Å². The number of fused-ring (bicyclic) bond motifs is 1. The van der Waals surface area contributed by atoms with Crippen LogP contribution >= 0.6 is 0 Å². The van der Waals surface area contributed by atoms with Crippen LogP contribution in [-0.4, -0.2) is 25.7 Å². The van der Waals surface area contributed by atoms with Crippen LogP contribution in [0.5, 0.6) is 0 Å². The maximum atomic E-state index is 12.3. The van der Waals surface area contributed by atoms with Crippen molar-refractivity contribution in [3.8, 4) is 0 Å². The van der Waals surface area contributed by atoms with E-state index in [1.807, 2.05) is 0 Å². The summed E-state index contributed by atoms with van der Waals surface area (Å²) >= 11 is 0. The van der Waals surface area contributed by atoms with Crippen LogP contribution in [0, 0.1) is 0 Å². The standard InChI is InChI=1S/C14H17NO5S/c1-14(2,7-8-16)15-21(18,19)11-4-5-12-10(9-11)3-6-13(17)20-12/h3-6,9,15-16H,7-8H2,1-2H3. The van der Waals surface area contributed by atoms with E-state index in [4.69, 9.17) is 9.52 Å². The molecule has 0 aliphatic heterocycles. The number of sulfonamides is 1. The molecule has 21 heavy (non-hydrogen) atoms. The molecule has 0 amide bonds. The Morgan fingerprint density at radius 3 is 2.62 bits per heavy atom. The molecular formula is C14H17NO5S. The summed E-state index contributed by atoms with van der Waals surface area (Å²) in [5.41, 5.74) is -0.914. The highest BCUT2D eigenvalue weighted by atomic mass is 32.2. The molecule has 0 bridgehead atoms. The van der Waals surface area contributed by atoms with Crippen LogP contribution in [0.1, 0.15) is 20.3 Å². The average molecular weight is 311 g/mol. The van der Waals surface area contributed by atoms with Crippen LogP contribution in [0.15, 0.2) is 44.4 Å². The lowest BCUT2D eigenvalue weighted by Gasteiger charge is -2.25. The zero-order chi connectivity index (χ0) is 15.7. The largest absolute Gasteiger partial charge is 0.423 e. The van der Waals surface area contributed by atoms with Crippen molar-refractivity contribution in [2.45, 2.75) is 30.7 Å². The molecule has 0 aliphatic carbocycles. The van der Waals surface area contributed by atoms with Gasteiger partial charge in [0.2, 0.25) is 10.0 Å². The molecule has 1 heterocycles. The summed E-state index contributed by atoms with van der Waals surface area (Å²) in [6.45, 7) is 3.28. The van der Waals surface area contributed by atoms with E-state index in [2.05, 4.69) is 4.72 Å². The van der Waals surface area contributed by atoms with Crippen LogP contribution in [0.4, 0.5) is 0 Å². The van der Waals surface area contributed by atoms with Gasteiger partial charge in [0.15, 0.2) is 0 Å². The number of aliphatic hydroxyl groups is 1. The van der Waals surface area contributed by atoms with E-state index in [-0.39, 0.29) is 11.5 Å². The van der Waals surface area contributed by atoms with Crippen molar-refractivity contribution in [3.63, 3.8) is 0 Å². The molecule has 0 atom stereocenters. The van der Waals surface area contributed by atoms with E-state index < -0.39 is 21.2 Å². The zero-order valence-corrected chi connectivity index (χ0v) is 12.6. The van der Waals surface area contributed by atoms with Crippen LogP contribution in [0.2, 0.25) is 0 Å². The lowest BCUT2D eigenvalue weighted by atomic mass is 10.0. The molecule has 1 aromatic carbocycles. The quantitative estimate of drug-likeness (QED) is 0.810. The van der Waals surface area contributed by atoms with Gasteiger partial charge in [-0.3, -0.25) is 0 Å². The van der Waals surface area contributed by atoms with Gasteiger partial charge in [-0.05, 0) is 44.5 Å². The van der Waals surface area contributed by atoms with Gasteiger partial charge in [-0.25, -0.2) is 17.9 Å². The molecule has 0 fully saturated rings. The minimum absolute atomic E-state index is 0.0786. The van der Waals surface area contributed by atoms with Gasteiger partial charge in [-0.2, -0.15) is 0 Å². The van der Waals surface area contributed by atoms with Crippen LogP contribution < -0.4 is 10.3 Å². The summed E-state index contributed by atoms with van der Waals surface area (Å²) < 4.78 is 32.2. The first-order valence-electron chi connectivity index (χ1n) is 6.42. The topological polar surface area (TPSA) is 96.6 Å². The van der Waals surface area contributed by atoms with Gasteiger partial charge in [0.05, 0.1) is 4.90 Å². The van der Waals surface area contributed by atoms with Crippen LogP contribution in [-0.2, 0) is 10.0 Å². The monoisotopic (exact) mass is 311 g/mol. The minimum Gasteiger partial charge on any atom is -0.423 e. The van der Waals surface area contributed by atoms with Gasteiger partial charge < -0.3 is 9.52 Å². The fourth-order valence-corrected chi connectivity index (χ4v) is 3.45. The molecule has 6 nitrogen and oxygen atoms in total. The molecule has 114 valence electrons. The van der Waals surface area contributed by atoms with E-state index in [1.165, 1.54) is 30.3 Å². The Bertz CT molecular complexity index is 807. The highest BCUT2D eigenvalue weighted by Crippen LogP contribution is 2.20. The van der Waals surface area contributed by atoms with Crippen LogP contribution in [0.3, 0.4) is 0 Å². The third kappa shape index (κ3) is 3.69. The Morgan fingerprint density at radius 1 is 1.24 bits per heavy atom. The van der Waals surface area contributed by atoms with Gasteiger partial charge in [0.25, 0.3) is 0 Å². The summed E-state index contributed by atoms with van der Waals surface area (Å²) in [4.78, 5) is 11.2. The second-order valence-electron chi connectivity index (χ2n) is 5.42. The maximum Gasteiger partial charge on any atom is 0.336 e. The molecule has 0 unspecified atom stereocenters. The molecule has 0 aliphatic rings. The van der Waals surface area contributed by atoms with Gasteiger partial charge in [0.1, 0.15) is 5.58 Å². The van der Waals surface area contributed by atoms with Crippen molar-refractivity contribution in [1.29, 1.82) is 0 Å². The van der Waals surface area contributed by atoms with Crippen LogP contribution in [0.25, 0.3) is 11.0 Å². The Balaban J connectivity index is 2.41. The number of nitrogens with one attached hydrogen (secondary N) is 1. The van der Waals surface area contributed by atoms with E-state index in [0.29, 0.717) is 17.4 Å². The van der Waals surface area contributed by atoms with Crippen molar-refractivity contribution in [2.24, 2.45) is 0 Å². The number of benzene rings is 1. The van der Waals surface area contributed by atoms with E-state index in [1.54, 1.807) is 13.8 Å². The van der Waals surface area contributed by atoms with Gasteiger partial charge in [0, 0.05) is 23.6 Å². The Kier molecular flexibility index (Phi) is 4.18. The number of rotatable bonds is 5. The molecule has 2 aromatic rings. The second kappa shape index (κ2) is 5.59. The molecule has 0 saturated carbocycles. The first kappa shape index (κ1) is 15.7. The molecule has 0 radical (unpaired) electrons. The highest BCUT2D eigenvalue weighted by molar-refractivity contribution is 7.89. The van der Waals surface area contributed by atoms with Crippen molar-refractivity contribution >= 4 is 21.0 Å². The van der Waals surface area contributed by atoms with Gasteiger partial charge in [-0.15, -0.1) is 0 Å². The third-order valence-electron chi connectivity index (χ3n) is 3.05. The Hall–Kier alpha value is -1.70. The molecular weight excluding hydrogens is 294 g/mol. The molecule has 2 rings (SSSR count). The number of hydrogen-bond acceptors (Lipinski definition) is 5. The van der Waals surface area contributed by atoms with E-state index in [0.717, 1.165) is 0 Å². The lowest BCUT2D eigenvalue weighted by molar-refractivity contribution is 0.246. The molecule has 0 spiro atoms.